The highest BCUT2D eigenvalue weighted by Crippen LogP contribution is 2.01. The Balaban J connectivity index is 1.85. The lowest BCUT2D eigenvalue weighted by Gasteiger charge is -2.06. The summed E-state index contributed by atoms with van der Waals surface area (Å²) in [7, 11) is 0. The molecule has 2 N–H and O–H groups in total. The molecule has 0 aliphatic heterocycles. The van der Waals surface area contributed by atoms with Gasteiger partial charge in [-0.15, -0.1) is 0 Å². The molecule has 0 radical (unpaired) electrons. The van der Waals surface area contributed by atoms with E-state index in [1.165, 1.54) is 0 Å². The fourth-order valence-electron chi connectivity index (χ4n) is 1.77. The average Bonchev–Trinajstić information content (AvgIpc) is 2.47. The Morgan fingerprint density at radius 2 is 1.42 bits per heavy atom. The first-order chi connectivity index (χ1) is 9.25. The Labute approximate surface area is 112 Å². The first-order valence-electron chi connectivity index (χ1n) is 6.19. The van der Waals surface area contributed by atoms with E-state index in [-0.39, 0.29) is 11.6 Å². The summed E-state index contributed by atoms with van der Waals surface area (Å²) < 4.78 is 0. The van der Waals surface area contributed by atoms with Crippen molar-refractivity contribution in [1.29, 1.82) is 5.41 Å². The second-order valence-corrected chi connectivity index (χ2v) is 4.31. The van der Waals surface area contributed by atoms with Crippen LogP contribution in [0.15, 0.2) is 60.7 Å². The van der Waals surface area contributed by atoms with Crippen LogP contribution in [0, 0.1) is 5.41 Å². The number of amides is 1. The Hall–Kier alpha value is -2.42. The maximum Gasteiger partial charge on any atom is 0.265 e. The third-order valence-corrected chi connectivity index (χ3v) is 2.79. The normalized spacial score (nSPS) is 9.89. The minimum absolute atomic E-state index is 0.0853. The molecule has 1 amide bonds. The number of hydrogen-bond acceptors (Lipinski definition) is 2. The van der Waals surface area contributed by atoms with E-state index >= 15 is 0 Å². The van der Waals surface area contributed by atoms with Gasteiger partial charge in [0.2, 0.25) is 0 Å². The predicted molar refractivity (Wildman–Crippen MR) is 76.2 cm³/mol. The molecule has 2 aromatic rings. The molecule has 0 aliphatic rings. The lowest BCUT2D eigenvalue weighted by atomic mass is 10.1. The van der Waals surface area contributed by atoms with Gasteiger partial charge in [-0.05, 0) is 11.1 Å². The van der Waals surface area contributed by atoms with E-state index in [0.29, 0.717) is 13.0 Å². The van der Waals surface area contributed by atoms with Gasteiger partial charge in [0.05, 0.1) is 0 Å². The summed E-state index contributed by atoms with van der Waals surface area (Å²) in [6.07, 6.45) is 0.363. The summed E-state index contributed by atoms with van der Waals surface area (Å²) in [4.78, 5) is 11.8. The Morgan fingerprint density at radius 3 is 2.00 bits per heavy atom. The van der Waals surface area contributed by atoms with Crippen LogP contribution in [0.3, 0.4) is 0 Å². The quantitative estimate of drug-likeness (QED) is 0.789. The van der Waals surface area contributed by atoms with Gasteiger partial charge in [-0.1, -0.05) is 60.7 Å². The van der Waals surface area contributed by atoms with Crippen LogP contribution in [-0.4, -0.2) is 11.6 Å². The first kappa shape index (κ1) is 13.0. The SMILES string of the molecule is N=C(Cc1ccccc1)C(=O)NCc1ccccc1. The fraction of sp³-hybridized carbons (Fsp3) is 0.125. The number of rotatable bonds is 5. The average molecular weight is 252 g/mol. The zero-order valence-corrected chi connectivity index (χ0v) is 10.6. The van der Waals surface area contributed by atoms with Gasteiger partial charge in [-0.3, -0.25) is 10.2 Å². The van der Waals surface area contributed by atoms with E-state index in [1.54, 1.807) is 0 Å². The van der Waals surface area contributed by atoms with Gasteiger partial charge in [0.1, 0.15) is 5.71 Å². The number of carbonyl (C=O) groups excluding carboxylic acids is 1. The maximum atomic E-state index is 11.8. The minimum Gasteiger partial charge on any atom is -0.347 e. The molecule has 0 saturated carbocycles. The fourth-order valence-corrected chi connectivity index (χ4v) is 1.77. The second kappa shape index (κ2) is 6.50. The molecule has 0 spiro atoms. The summed E-state index contributed by atoms with van der Waals surface area (Å²) in [5.74, 6) is -0.312. The highest BCUT2D eigenvalue weighted by molar-refractivity contribution is 6.37. The summed E-state index contributed by atoms with van der Waals surface area (Å²) in [6, 6.07) is 19.2. The number of carbonyl (C=O) groups is 1. The summed E-state index contributed by atoms with van der Waals surface area (Å²) >= 11 is 0. The van der Waals surface area contributed by atoms with Crippen molar-refractivity contribution in [3.63, 3.8) is 0 Å². The molecule has 0 heterocycles. The van der Waals surface area contributed by atoms with Crippen LogP contribution >= 0.6 is 0 Å². The molecule has 19 heavy (non-hydrogen) atoms. The Bertz CT molecular complexity index is 549. The molecule has 2 aromatic carbocycles. The number of nitrogens with one attached hydrogen (secondary N) is 2. The highest BCUT2D eigenvalue weighted by atomic mass is 16.1. The predicted octanol–water partition coefficient (Wildman–Crippen LogP) is 2.57. The van der Waals surface area contributed by atoms with Crippen LogP contribution in [0.1, 0.15) is 11.1 Å². The lowest BCUT2D eigenvalue weighted by molar-refractivity contribution is -0.115. The van der Waals surface area contributed by atoms with Crippen LogP contribution in [0.4, 0.5) is 0 Å². The molecular formula is C16H16N2O. The minimum atomic E-state index is -0.312. The molecule has 0 atom stereocenters. The first-order valence-corrected chi connectivity index (χ1v) is 6.19. The van der Waals surface area contributed by atoms with Gasteiger partial charge >= 0.3 is 0 Å². The smallest absolute Gasteiger partial charge is 0.265 e. The van der Waals surface area contributed by atoms with Crippen molar-refractivity contribution >= 4 is 11.6 Å². The largest absolute Gasteiger partial charge is 0.347 e. The van der Waals surface area contributed by atoms with E-state index in [1.807, 2.05) is 60.7 Å². The van der Waals surface area contributed by atoms with E-state index in [0.717, 1.165) is 11.1 Å². The summed E-state index contributed by atoms with van der Waals surface area (Å²) in [5.41, 5.74) is 2.09. The number of benzene rings is 2. The van der Waals surface area contributed by atoms with Crippen molar-refractivity contribution in [3.8, 4) is 0 Å². The second-order valence-electron chi connectivity index (χ2n) is 4.31. The highest BCUT2D eigenvalue weighted by Gasteiger charge is 2.09. The summed E-state index contributed by atoms with van der Waals surface area (Å²) in [5, 5.41) is 10.5. The monoisotopic (exact) mass is 252 g/mol. The van der Waals surface area contributed by atoms with Crippen molar-refractivity contribution in [3.05, 3.63) is 71.8 Å². The van der Waals surface area contributed by atoms with Crippen LogP contribution in [0.2, 0.25) is 0 Å². The van der Waals surface area contributed by atoms with Gasteiger partial charge in [0.25, 0.3) is 5.91 Å². The van der Waals surface area contributed by atoms with E-state index < -0.39 is 0 Å². The van der Waals surface area contributed by atoms with Crippen molar-refractivity contribution in [1.82, 2.24) is 5.32 Å². The van der Waals surface area contributed by atoms with Crippen molar-refractivity contribution in [2.45, 2.75) is 13.0 Å². The summed E-state index contributed by atoms with van der Waals surface area (Å²) in [6.45, 7) is 0.455. The van der Waals surface area contributed by atoms with E-state index in [4.69, 9.17) is 5.41 Å². The molecule has 0 saturated heterocycles. The van der Waals surface area contributed by atoms with Gasteiger partial charge in [-0.25, -0.2) is 0 Å². The van der Waals surface area contributed by atoms with Gasteiger partial charge in [0, 0.05) is 13.0 Å². The van der Waals surface area contributed by atoms with Crippen LogP contribution in [-0.2, 0) is 17.8 Å². The van der Waals surface area contributed by atoms with Gasteiger partial charge in [0.15, 0.2) is 0 Å². The van der Waals surface area contributed by atoms with Crippen molar-refractivity contribution in [2.75, 3.05) is 0 Å². The van der Waals surface area contributed by atoms with Crippen molar-refractivity contribution in [2.24, 2.45) is 0 Å². The molecule has 96 valence electrons. The maximum absolute atomic E-state index is 11.8. The standard InChI is InChI=1S/C16H16N2O/c17-15(11-13-7-3-1-4-8-13)16(19)18-12-14-9-5-2-6-10-14/h1-10,17H,11-12H2,(H,18,19). The molecular weight excluding hydrogens is 236 g/mol. The lowest BCUT2D eigenvalue weighted by Crippen LogP contribution is -2.31. The Morgan fingerprint density at radius 1 is 0.895 bits per heavy atom. The third-order valence-electron chi connectivity index (χ3n) is 2.79. The topological polar surface area (TPSA) is 53.0 Å². The molecule has 0 unspecified atom stereocenters. The Kier molecular flexibility index (Phi) is 4.45. The molecule has 0 bridgehead atoms. The van der Waals surface area contributed by atoms with Gasteiger partial charge < -0.3 is 5.32 Å². The van der Waals surface area contributed by atoms with Gasteiger partial charge in [-0.2, -0.15) is 0 Å². The van der Waals surface area contributed by atoms with E-state index in [9.17, 15) is 4.79 Å². The van der Waals surface area contributed by atoms with Crippen LogP contribution in [0.5, 0.6) is 0 Å². The molecule has 3 nitrogen and oxygen atoms in total. The third kappa shape index (κ3) is 4.07. The van der Waals surface area contributed by atoms with Crippen LogP contribution in [0.25, 0.3) is 0 Å². The molecule has 2 rings (SSSR count). The molecule has 0 fully saturated rings. The zero-order chi connectivity index (χ0) is 13.5. The van der Waals surface area contributed by atoms with E-state index in [2.05, 4.69) is 5.32 Å². The zero-order valence-electron chi connectivity index (χ0n) is 10.6. The number of hydrogen-bond donors (Lipinski definition) is 2. The van der Waals surface area contributed by atoms with Crippen LogP contribution < -0.4 is 5.32 Å². The van der Waals surface area contributed by atoms with Crippen molar-refractivity contribution < 1.29 is 4.79 Å². The molecule has 0 aliphatic carbocycles. The molecule has 0 aromatic heterocycles. The molecule has 3 heteroatoms.